The number of likely N-dealkylation sites (N-methyl/N-ethyl adjacent to an activating group) is 1. The molecule has 0 aliphatic carbocycles. The van der Waals surface area contributed by atoms with Gasteiger partial charge in [-0.1, -0.05) is 0 Å². The SMILES string of the molecule is [CH2]OC(=O)CN(C)C(C)=O. The van der Waals surface area contributed by atoms with E-state index in [1.165, 1.54) is 18.9 Å². The Balaban J connectivity index is 3.68. The molecular weight excluding hydrogens is 134 g/mol. The molecule has 0 aliphatic rings. The molecular formula is C6H10NO3. The molecule has 0 saturated carbocycles. The number of hydrogen-bond acceptors (Lipinski definition) is 3. The van der Waals surface area contributed by atoms with Crippen LogP contribution in [0, 0.1) is 7.11 Å². The van der Waals surface area contributed by atoms with Gasteiger partial charge in [0.1, 0.15) is 13.7 Å². The lowest BCUT2D eigenvalue weighted by Crippen LogP contribution is -2.30. The Morgan fingerprint density at radius 2 is 2.10 bits per heavy atom. The lowest BCUT2D eigenvalue weighted by atomic mass is 10.5. The Bertz CT molecular complexity index is 144. The summed E-state index contributed by atoms with van der Waals surface area (Å²) in [7, 11) is 4.42. The van der Waals surface area contributed by atoms with Crippen molar-refractivity contribution in [3.63, 3.8) is 0 Å². The fourth-order valence-electron chi connectivity index (χ4n) is 0.351. The van der Waals surface area contributed by atoms with Crippen molar-refractivity contribution in [2.24, 2.45) is 0 Å². The van der Waals surface area contributed by atoms with Gasteiger partial charge < -0.3 is 9.64 Å². The highest BCUT2D eigenvalue weighted by atomic mass is 16.5. The Morgan fingerprint density at radius 1 is 1.60 bits per heavy atom. The second kappa shape index (κ2) is 3.87. The van der Waals surface area contributed by atoms with E-state index in [0.29, 0.717) is 0 Å². The van der Waals surface area contributed by atoms with Gasteiger partial charge in [-0.25, -0.2) is 0 Å². The lowest BCUT2D eigenvalue weighted by Gasteiger charge is -2.11. The van der Waals surface area contributed by atoms with Gasteiger partial charge in [0.2, 0.25) is 5.91 Å². The summed E-state index contributed by atoms with van der Waals surface area (Å²) in [5.74, 6) is -0.692. The van der Waals surface area contributed by atoms with Crippen molar-refractivity contribution in [3.05, 3.63) is 7.11 Å². The number of nitrogens with zero attached hydrogens (tertiary/aromatic N) is 1. The van der Waals surface area contributed by atoms with Gasteiger partial charge in [0.05, 0.1) is 0 Å². The van der Waals surface area contributed by atoms with Crippen LogP contribution in [0.15, 0.2) is 0 Å². The standard InChI is InChI=1S/C6H10NO3/c1-5(8)7(2)4-6(9)10-3/h3-4H2,1-2H3. The largest absolute Gasteiger partial charge is 0.461 e. The summed E-state index contributed by atoms with van der Waals surface area (Å²) in [6.07, 6.45) is 0. The molecule has 1 amide bonds. The first-order chi connectivity index (χ1) is 4.57. The summed E-state index contributed by atoms with van der Waals surface area (Å²) < 4.78 is 4.09. The van der Waals surface area contributed by atoms with Crippen molar-refractivity contribution in [2.75, 3.05) is 13.6 Å². The van der Waals surface area contributed by atoms with Gasteiger partial charge in [0.25, 0.3) is 0 Å². The van der Waals surface area contributed by atoms with E-state index < -0.39 is 5.97 Å². The predicted octanol–water partition coefficient (Wildman–Crippen LogP) is -0.201. The van der Waals surface area contributed by atoms with E-state index in [9.17, 15) is 9.59 Å². The van der Waals surface area contributed by atoms with Crippen LogP contribution in [0.3, 0.4) is 0 Å². The van der Waals surface area contributed by atoms with Gasteiger partial charge >= 0.3 is 5.97 Å². The van der Waals surface area contributed by atoms with Crippen LogP contribution in [0.1, 0.15) is 6.92 Å². The fourth-order valence-corrected chi connectivity index (χ4v) is 0.351. The van der Waals surface area contributed by atoms with Gasteiger partial charge in [-0.05, 0) is 0 Å². The van der Waals surface area contributed by atoms with Crippen molar-refractivity contribution in [1.82, 2.24) is 4.90 Å². The zero-order valence-corrected chi connectivity index (χ0v) is 6.09. The molecule has 4 heteroatoms. The summed E-state index contributed by atoms with van der Waals surface area (Å²) in [5, 5.41) is 0. The maximum atomic E-state index is 10.5. The smallest absolute Gasteiger partial charge is 0.325 e. The minimum absolute atomic E-state index is 0.0428. The number of hydrogen-bond donors (Lipinski definition) is 0. The molecule has 0 aromatic carbocycles. The molecule has 0 saturated heterocycles. The number of carbonyl (C=O) groups excluding carboxylic acids is 2. The Kier molecular flexibility index (Phi) is 3.46. The van der Waals surface area contributed by atoms with Crippen LogP contribution in [-0.2, 0) is 14.3 Å². The van der Waals surface area contributed by atoms with E-state index >= 15 is 0 Å². The maximum Gasteiger partial charge on any atom is 0.325 e. The molecule has 0 bridgehead atoms. The van der Waals surface area contributed by atoms with Gasteiger partial charge in [-0.15, -0.1) is 0 Å². The molecule has 0 aromatic rings. The lowest BCUT2D eigenvalue weighted by molar-refractivity contribution is -0.143. The zero-order valence-electron chi connectivity index (χ0n) is 6.09. The van der Waals surface area contributed by atoms with E-state index in [1.807, 2.05) is 0 Å². The molecule has 0 unspecified atom stereocenters. The van der Waals surface area contributed by atoms with Crippen molar-refractivity contribution >= 4 is 11.9 Å². The number of esters is 1. The second-order valence-corrected chi connectivity index (χ2v) is 1.89. The van der Waals surface area contributed by atoms with Crippen molar-refractivity contribution in [1.29, 1.82) is 0 Å². The third-order valence-corrected chi connectivity index (χ3v) is 1.06. The molecule has 0 spiro atoms. The minimum Gasteiger partial charge on any atom is -0.461 e. The summed E-state index contributed by atoms with van der Waals surface area (Å²) in [4.78, 5) is 22.2. The van der Waals surface area contributed by atoms with Gasteiger partial charge in [-0.2, -0.15) is 0 Å². The van der Waals surface area contributed by atoms with E-state index in [1.54, 1.807) is 0 Å². The molecule has 0 rings (SSSR count). The Labute approximate surface area is 59.8 Å². The van der Waals surface area contributed by atoms with Crippen LogP contribution in [-0.4, -0.2) is 30.4 Å². The van der Waals surface area contributed by atoms with E-state index in [0.717, 1.165) is 0 Å². The predicted molar refractivity (Wildman–Crippen MR) is 34.8 cm³/mol. The van der Waals surface area contributed by atoms with Crippen molar-refractivity contribution in [2.45, 2.75) is 6.92 Å². The average Bonchev–Trinajstić information content (AvgIpc) is 1.87. The second-order valence-electron chi connectivity index (χ2n) is 1.89. The first-order valence-corrected chi connectivity index (χ1v) is 2.74. The molecule has 0 fully saturated rings. The summed E-state index contributed by atoms with van der Waals surface area (Å²) in [6, 6.07) is 0. The zero-order chi connectivity index (χ0) is 8.15. The first-order valence-electron chi connectivity index (χ1n) is 2.74. The third-order valence-electron chi connectivity index (χ3n) is 1.06. The summed E-state index contributed by atoms with van der Waals surface area (Å²) in [6.45, 7) is 1.33. The normalized spacial score (nSPS) is 8.70. The summed E-state index contributed by atoms with van der Waals surface area (Å²) >= 11 is 0. The highest BCUT2D eigenvalue weighted by Crippen LogP contribution is 1.84. The third kappa shape index (κ3) is 3.06. The number of amides is 1. The van der Waals surface area contributed by atoms with Crippen LogP contribution in [0.5, 0.6) is 0 Å². The average molecular weight is 144 g/mol. The molecule has 0 aromatic heterocycles. The highest BCUT2D eigenvalue weighted by molar-refractivity contribution is 5.80. The Hall–Kier alpha value is -1.06. The highest BCUT2D eigenvalue weighted by Gasteiger charge is 2.07. The van der Waals surface area contributed by atoms with Crippen molar-refractivity contribution < 1.29 is 14.3 Å². The van der Waals surface area contributed by atoms with Crippen LogP contribution < -0.4 is 0 Å². The quantitative estimate of drug-likeness (QED) is 0.504. The van der Waals surface area contributed by atoms with E-state index in [4.69, 9.17) is 0 Å². The molecule has 1 radical (unpaired) electrons. The maximum absolute atomic E-state index is 10.5. The van der Waals surface area contributed by atoms with Crippen molar-refractivity contribution in [3.8, 4) is 0 Å². The summed E-state index contributed by atoms with van der Waals surface area (Å²) in [5.41, 5.74) is 0. The molecule has 0 atom stereocenters. The molecule has 0 aliphatic heterocycles. The molecule has 57 valence electrons. The van der Waals surface area contributed by atoms with Gasteiger partial charge in [0.15, 0.2) is 0 Å². The van der Waals surface area contributed by atoms with Gasteiger partial charge in [-0.3, -0.25) is 9.59 Å². The van der Waals surface area contributed by atoms with Crippen LogP contribution in [0.4, 0.5) is 0 Å². The van der Waals surface area contributed by atoms with Crippen LogP contribution >= 0.6 is 0 Å². The molecule has 4 nitrogen and oxygen atoms in total. The number of carbonyl (C=O) groups is 2. The minimum atomic E-state index is -0.516. The van der Waals surface area contributed by atoms with Crippen LogP contribution in [0.25, 0.3) is 0 Å². The first kappa shape index (κ1) is 8.94. The molecule has 0 heterocycles. The number of ether oxygens (including phenoxy) is 1. The van der Waals surface area contributed by atoms with E-state index in [2.05, 4.69) is 11.8 Å². The fraction of sp³-hybridized carbons (Fsp3) is 0.500. The van der Waals surface area contributed by atoms with E-state index in [-0.39, 0.29) is 12.5 Å². The molecule has 10 heavy (non-hydrogen) atoms. The van der Waals surface area contributed by atoms with Gasteiger partial charge in [0, 0.05) is 14.0 Å². The monoisotopic (exact) mass is 144 g/mol. The topological polar surface area (TPSA) is 46.6 Å². The number of rotatable bonds is 2. The molecule has 0 N–H and O–H groups in total. The van der Waals surface area contributed by atoms with Crippen LogP contribution in [0.2, 0.25) is 0 Å². The Morgan fingerprint density at radius 3 is 2.40 bits per heavy atom.